The van der Waals surface area contributed by atoms with E-state index in [1.807, 2.05) is 44.2 Å². The van der Waals surface area contributed by atoms with Crippen LogP contribution in [0, 0.1) is 18.8 Å². The molecule has 0 spiro atoms. The topological polar surface area (TPSA) is 157 Å². The number of aliphatic hydroxyl groups excluding tert-OH is 1. The molecular formula is C35H41N3O9S. The van der Waals surface area contributed by atoms with Crippen LogP contribution in [0.5, 0.6) is 0 Å². The van der Waals surface area contributed by atoms with Crippen molar-refractivity contribution >= 4 is 39.4 Å². The SMILES string of the molecule is Cc1ccc(C=C2C(=O)Nc3ccc(S(=O)(=O)N(CC(C)C)CC(O)C(Cc4ccccc4)NC(=O)OC4COC5OCCC45)cc32)o1. The van der Waals surface area contributed by atoms with Gasteiger partial charge in [-0.25, -0.2) is 13.2 Å². The fourth-order valence-electron chi connectivity index (χ4n) is 6.33. The molecule has 2 aromatic carbocycles. The standard InChI is InChI=1S/C35H41N3O9S/c1-21(2)18-38(48(42,43)25-11-12-29-27(17-25)28(33(40)36-29)16-24-10-9-22(3)46-24)19-31(39)30(15-23-7-5-4-6-8-23)37-35(41)47-32-20-45-34-26(32)13-14-44-34/h4-12,16-17,21,26,30-32,34,39H,13-15,18-20H2,1-3H3,(H,36,40)(H,37,41). The van der Waals surface area contributed by atoms with Crippen molar-refractivity contribution in [3.05, 3.63) is 83.3 Å². The summed E-state index contributed by atoms with van der Waals surface area (Å²) in [5.74, 6) is 0.631. The number of nitrogens with zero attached hydrogens (tertiary/aromatic N) is 1. The minimum atomic E-state index is -4.18. The second-order valence-electron chi connectivity index (χ2n) is 12.9. The number of anilines is 1. The van der Waals surface area contributed by atoms with Crippen LogP contribution in [0.4, 0.5) is 10.5 Å². The van der Waals surface area contributed by atoms with Crippen LogP contribution in [0.1, 0.15) is 42.9 Å². The highest BCUT2D eigenvalue weighted by atomic mass is 32.2. The molecule has 5 atom stereocenters. The number of benzene rings is 2. The molecule has 6 rings (SSSR count). The fraction of sp³-hybridized carbons (Fsp3) is 0.429. The lowest BCUT2D eigenvalue weighted by Crippen LogP contribution is -2.51. The Hall–Kier alpha value is -4.01. The molecular weight excluding hydrogens is 638 g/mol. The largest absolute Gasteiger partial charge is 0.462 e. The predicted octanol–water partition coefficient (Wildman–Crippen LogP) is 4.19. The third kappa shape index (κ3) is 7.50. The van der Waals surface area contributed by atoms with Gasteiger partial charge in [-0.3, -0.25) is 4.79 Å². The summed E-state index contributed by atoms with van der Waals surface area (Å²) in [6.45, 7) is 6.11. The zero-order chi connectivity index (χ0) is 34.0. The summed E-state index contributed by atoms with van der Waals surface area (Å²) in [6.07, 6.45) is -0.375. The maximum Gasteiger partial charge on any atom is 0.407 e. The molecule has 3 N–H and O–H groups in total. The Bertz CT molecular complexity index is 1770. The number of hydrogen-bond acceptors (Lipinski definition) is 9. The summed E-state index contributed by atoms with van der Waals surface area (Å²) >= 11 is 0. The number of hydrogen-bond donors (Lipinski definition) is 3. The molecule has 48 heavy (non-hydrogen) atoms. The van der Waals surface area contributed by atoms with E-state index in [-0.39, 0.29) is 54.3 Å². The van der Waals surface area contributed by atoms with Crippen molar-refractivity contribution in [1.82, 2.24) is 9.62 Å². The Labute approximate surface area is 280 Å². The monoisotopic (exact) mass is 679 g/mol. The minimum absolute atomic E-state index is 0.0336. The molecule has 3 aliphatic heterocycles. The number of carbonyl (C=O) groups excluding carboxylic acids is 2. The summed E-state index contributed by atoms with van der Waals surface area (Å²) in [5.41, 5.74) is 2.03. The van der Waals surface area contributed by atoms with E-state index in [2.05, 4.69) is 10.6 Å². The van der Waals surface area contributed by atoms with Gasteiger partial charge in [0.25, 0.3) is 5.91 Å². The number of rotatable bonds is 12. The highest BCUT2D eigenvalue weighted by Gasteiger charge is 2.44. The average molecular weight is 680 g/mol. The number of sulfonamides is 1. The van der Waals surface area contributed by atoms with E-state index >= 15 is 0 Å². The lowest BCUT2D eigenvalue weighted by atomic mass is 10.0. The van der Waals surface area contributed by atoms with Gasteiger partial charge in [0.1, 0.15) is 17.6 Å². The zero-order valence-electron chi connectivity index (χ0n) is 27.1. The average Bonchev–Trinajstić information content (AvgIpc) is 3.83. The fourth-order valence-corrected chi connectivity index (χ4v) is 7.98. The molecule has 0 bridgehead atoms. The number of aliphatic hydroxyl groups is 1. The normalized spacial score (nSPS) is 22.5. The van der Waals surface area contributed by atoms with Crippen LogP contribution >= 0.6 is 0 Å². The molecule has 0 aliphatic carbocycles. The Morgan fingerprint density at radius 2 is 1.92 bits per heavy atom. The van der Waals surface area contributed by atoms with Gasteiger partial charge in [0.05, 0.1) is 41.7 Å². The van der Waals surface area contributed by atoms with Crippen molar-refractivity contribution in [2.75, 3.05) is 31.6 Å². The maximum atomic E-state index is 14.2. The van der Waals surface area contributed by atoms with E-state index < -0.39 is 40.7 Å². The van der Waals surface area contributed by atoms with Crippen molar-refractivity contribution in [2.45, 2.75) is 63.0 Å². The van der Waals surface area contributed by atoms with E-state index in [1.54, 1.807) is 31.2 Å². The molecule has 2 fully saturated rings. The number of carbonyl (C=O) groups is 2. The summed E-state index contributed by atoms with van der Waals surface area (Å²) in [5, 5.41) is 17.2. The highest BCUT2D eigenvalue weighted by Crippen LogP contribution is 2.36. The number of alkyl carbamates (subject to hydrolysis) is 1. The van der Waals surface area contributed by atoms with Gasteiger partial charge in [0.15, 0.2) is 6.29 Å². The van der Waals surface area contributed by atoms with Crippen LogP contribution in [-0.4, -0.2) is 80.7 Å². The predicted molar refractivity (Wildman–Crippen MR) is 177 cm³/mol. The first-order valence-corrected chi connectivity index (χ1v) is 17.6. The second-order valence-corrected chi connectivity index (χ2v) is 14.8. The lowest BCUT2D eigenvalue weighted by molar-refractivity contribution is -0.110. The van der Waals surface area contributed by atoms with Crippen molar-refractivity contribution in [3.8, 4) is 0 Å². The van der Waals surface area contributed by atoms with Crippen molar-refractivity contribution < 1.29 is 41.7 Å². The van der Waals surface area contributed by atoms with Gasteiger partial charge in [-0.15, -0.1) is 0 Å². The van der Waals surface area contributed by atoms with Gasteiger partial charge >= 0.3 is 6.09 Å². The number of furan rings is 1. The number of ether oxygens (including phenoxy) is 3. The third-order valence-corrected chi connectivity index (χ3v) is 10.6. The van der Waals surface area contributed by atoms with Gasteiger partial charge in [-0.2, -0.15) is 4.31 Å². The molecule has 13 heteroatoms. The van der Waals surface area contributed by atoms with E-state index in [0.717, 1.165) is 5.56 Å². The van der Waals surface area contributed by atoms with Crippen LogP contribution in [-0.2, 0) is 35.4 Å². The van der Waals surface area contributed by atoms with Gasteiger partial charge in [0.2, 0.25) is 10.0 Å². The smallest absolute Gasteiger partial charge is 0.407 e. The van der Waals surface area contributed by atoms with Crippen LogP contribution in [0.25, 0.3) is 11.6 Å². The van der Waals surface area contributed by atoms with Gasteiger partial charge < -0.3 is 34.4 Å². The first kappa shape index (κ1) is 33.9. The van der Waals surface area contributed by atoms with Crippen LogP contribution in [0.3, 0.4) is 0 Å². The van der Waals surface area contributed by atoms with Crippen LogP contribution in [0.15, 0.2) is 70.0 Å². The van der Waals surface area contributed by atoms with E-state index in [9.17, 15) is 23.1 Å². The molecule has 2 saturated heterocycles. The lowest BCUT2D eigenvalue weighted by Gasteiger charge is -2.31. The van der Waals surface area contributed by atoms with Crippen molar-refractivity contribution in [2.24, 2.45) is 11.8 Å². The molecule has 3 aliphatic rings. The first-order chi connectivity index (χ1) is 23.0. The Balaban J connectivity index is 1.24. The first-order valence-electron chi connectivity index (χ1n) is 16.1. The van der Waals surface area contributed by atoms with Crippen LogP contribution in [0.2, 0.25) is 0 Å². The Morgan fingerprint density at radius 3 is 2.65 bits per heavy atom. The van der Waals surface area contributed by atoms with E-state index in [4.69, 9.17) is 18.6 Å². The van der Waals surface area contributed by atoms with E-state index in [0.29, 0.717) is 35.8 Å². The quantitative estimate of drug-likeness (QED) is 0.239. The molecule has 12 nitrogen and oxygen atoms in total. The summed E-state index contributed by atoms with van der Waals surface area (Å²) in [4.78, 5) is 26.0. The highest BCUT2D eigenvalue weighted by molar-refractivity contribution is 7.89. The Morgan fingerprint density at radius 1 is 1.12 bits per heavy atom. The van der Waals surface area contributed by atoms with Gasteiger partial charge in [0, 0.05) is 24.3 Å². The number of nitrogens with one attached hydrogen (secondary N) is 2. The summed E-state index contributed by atoms with van der Waals surface area (Å²) in [7, 11) is -4.18. The molecule has 256 valence electrons. The van der Waals surface area contributed by atoms with Gasteiger partial charge in [-0.1, -0.05) is 44.2 Å². The van der Waals surface area contributed by atoms with Gasteiger partial charge in [-0.05, 0) is 67.7 Å². The van der Waals surface area contributed by atoms with E-state index in [1.165, 1.54) is 16.4 Å². The zero-order valence-corrected chi connectivity index (χ0v) is 27.9. The molecule has 0 saturated carbocycles. The second kappa shape index (κ2) is 14.2. The molecule has 2 amide bonds. The van der Waals surface area contributed by atoms with Crippen molar-refractivity contribution in [3.63, 3.8) is 0 Å². The molecule has 5 unspecified atom stereocenters. The molecule has 4 heterocycles. The summed E-state index contributed by atoms with van der Waals surface area (Å²) < 4.78 is 52.1. The molecule has 1 aromatic heterocycles. The van der Waals surface area contributed by atoms with Crippen molar-refractivity contribution in [1.29, 1.82) is 0 Å². The van der Waals surface area contributed by atoms with Crippen LogP contribution < -0.4 is 10.6 Å². The molecule has 0 radical (unpaired) electrons. The third-order valence-electron chi connectivity index (χ3n) is 8.73. The Kier molecular flexibility index (Phi) is 10.0. The number of amides is 2. The molecule has 3 aromatic rings. The maximum absolute atomic E-state index is 14.2. The number of aryl methyl sites for hydroxylation is 1. The number of fused-ring (bicyclic) bond motifs is 2. The minimum Gasteiger partial charge on any atom is -0.462 e. The summed E-state index contributed by atoms with van der Waals surface area (Å²) in [6, 6.07) is 16.4.